The quantitative estimate of drug-likeness (QED) is 0.485. The topological polar surface area (TPSA) is 83.1 Å². The van der Waals surface area contributed by atoms with Gasteiger partial charge in [-0.2, -0.15) is 18.3 Å². The third-order valence-electron chi connectivity index (χ3n) is 11.4. The molecule has 9 heteroatoms. The zero-order valence-electron chi connectivity index (χ0n) is 23.2. The Morgan fingerprint density at radius 3 is 2.62 bits per heavy atom. The van der Waals surface area contributed by atoms with E-state index in [2.05, 4.69) is 36.7 Å². The molecule has 0 radical (unpaired) electrons. The summed E-state index contributed by atoms with van der Waals surface area (Å²) in [7, 11) is -3.69. The summed E-state index contributed by atoms with van der Waals surface area (Å²) in [4.78, 5) is 0. The van der Waals surface area contributed by atoms with Gasteiger partial charge < -0.3 is 4.74 Å². The van der Waals surface area contributed by atoms with Crippen LogP contribution < -0.4 is 11.0 Å². The van der Waals surface area contributed by atoms with E-state index < -0.39 is 10.3 Å². The lowest BCUT2D eigenvalue weighted by atomic mass is 9.65. The summed E-state index contributed by atoms with van der Waals surface area (Å²) in [5.41, 5.74) is 7.18. The molecule has 4 heterocycles. The highest BCUT2D eigenvalue weighted by Gasteiger charge is 2.48. The molecular weight excluding hydrogens is 488 g/mol. The Bertz CT molecular complexity index is 905. The van der Waals surface area contributed by atoms with Crippen LogP contribution in [0, 0.1) is 35.5 Å². The Morgan fingerprint density at radius 1 is 0.892 bits per heavy atom. The molecule has 9 bridgehead atoms. The van der Waals surface area contributed by atoms with Gasteiger partial charge in [-0.25, -0.2) is 10.4 Å². The highest BCUT2D eigenvalue weighted by Crippen LogP contribution is 2.46. The molecule has 2 N–H and O–H groups in total. The van der Waals surface area contributed by atoms with Gasteiger partial charge in [0.05, 0.1) is 12.2 Å². The maximum Gasteiger partial charge on any atom is 0.338 e. The number of nitrogens with one attached hydrogen (secondary N) is 2. The summed E-state index contributed by atoms with van der Waals surface area (Å²) in [6.07, 6.45) is 12.3. The van der Waals surface area contributed by atoms with Crippen LogP contribution in [0.4, 0.5) is 0 Å². The van der Waals surface area contributed by atoms with Gasteiger partial charge in [-0.15, -0.1) is 0 Å². The van der Waals surface area contributed by atoms with Crippen LogP contribution in [0.5, 0.6) is 0 Å². The Labute approximate surface area is 224 Å². The van der Waals surface area contributed by atoms with Gasteiger partial charge in [-0.1, -0.05) is 26.7 Å². The smallest absolute Gasteiger partial charge is 0.338 e. The molecule has 3 aliphatic carbocycles. The van der Waals surface area contributed by atoms with E-state index in [9.17, 15) is 8.42 Å². The van der Waals surface area contributed by atoms with Gasteiger partial charge in [0.2, 0.25) is 0 Å². The second-order valence-electron chi connectivity index (χ2n) is 13.5. The van der Waals surface area contributed by atoms with Crippen LogP contribution in [0.2, 0.25) is 0 Å². The molecule has 0 amide bonds. The van der Waals surface area contributed by atoms with Crippen molar-refractivity contribution in [2.24, 2.45) is 35.5 Å². The van der Waals surface area contributed by atoms with Crippen molar-refractivity contribution in [1.29, 1.82) is 0 Å². The van der Waals surface area contributed by atoms with Crippen molar-refractivity contribution in [3.05, 3.63) is 0 Å². The molecule has 3 saturated carbocycles. The van der Waals surface area contributed by atoms with Gasteiger partial charge in [0.1, 0.15) is 0 Å². The Balaban J connectivity index is 1.23. The minimum absolute atomic E-state index is 0.0157. The minimum atomic E-state index is -3.69. The van der Waals surface area contributed by atoms with Crippen molar-refractivity contribution in [2.75, 3.05) is 19.7 Å². The van der Waals surface area contributed by atoms with Crippen LogP contribution in [0.25, 0.3) is 0 Å². The molecule has 0 aromatic rings. The maximum absolute atomic E-state index is 13.3. The predicted molar refractivity (Wildman–Crippen MR) is 143 cm³/mol. The second kappa shape index (κ2) is 10.9. The summed E-state index contributed by atoms with van der Waals surface area (Å²) in [5.74, 6) is 3.25. The number of hydrazine groups is 2. The van der Waals surface area contributed by atoms with Crippen LogP contribution in [0.3, 0.4) is 0 Å². The summed E-state index contributed by atoms with van der Waals surface area (Å²) >= 11 is 0. The SMILES string of the molecule is CC1CCC2CC3CCC4C(NNN4CCCCOC4CCC5OS(=O)(=O)N(CC5C4)[C@H](C)C1C2)C3C. The minimum Gasteiger partial charge on any atom is -0.378 e. The van der Waals surface area contributed by atoms with Crippen molar-refractivity contribution in [3.8, 4) is 0 Å². The second-order valence-corrected chi connectivity index (χ2v) is 15.0. The van der Waals surface area contributed by atoms with Crippen LogP contribution in [-0.2, 0) is 19.2 Å². The Morgan fingerprint density at radius 2 is 1.76 bits per heavy atom. The molecule has 7 rings (SSSR count). The van der Waals surface area contributed by atoms with Gasteiger partial charge in [0.15, 0.2) is 0 Å². The molecule has 0 aromatic carbocycles. The van der Waals surface area contributed by atoms with E-state index >= 15 is 0 Å². The van der Waals surface area contributed by atoms with Gasteiger partial charge in [-0.3, -0.25) is 4.18 Å². The van der Waals surface area contributed by atoms with E-state index in [1.54, 1.807) is 4.31 Å². The lowest BCUT2D eigenvalue weighted by Gasteiger charge is -2.48. The number of fused-ring (bicyclic) bond motifs is 5. The van der Waals surface area contributed by atoms with Gasteiger partial charge >= 0.3 is 10.3 Å². The van der Waals surface area contributed by atoms with Gasteiger partial charge in [0.25, 0.3) is 0 Å². The summed E-state index contributed by atoms with van der Waals surface area (Å²) in [6, 6.07) is 1.09. The molecule has 13 atom stereocenters. The highest BCUT2D eigenvalue weighted by molar-refractivity contribution is 7.84. The standard InChI is InChI=1S/C28H50N4O4S/c1-18-6-7-21-14-22-8-10-26-28(19(22)2)29-30-31(26)12-4-5-13-35-24-9-11-27-23(16-24)17-32(37(33,34)36-27)20(3)25(18)15-21/h18-30H,4-17H2,1-3H3/t18?,19?,20-,21?,22?,23?,24?,25?,26?,27?,28?/m1/s1. The fourth-order valence-electron chi connectivity index (χ4n) is 9.02. The zero-order valence-corrected chi connectivity index (χ0v) is 24.0. The molecule has 7 fully saturated rings. The van der Waals surface area contributed by atoms with Crippen LogP contribution >= 0.6 is 0 Å². The first kappa shape index (κ1) is 26.9. The van der Waals surface area contributed by atoms with Gasteiger partial charge in [-0.05, 0) is 94.3 Å². The number of nitrogens with zero attached hydrogens (tertiary/aromatic N) is 2. The average Bonchev–Trinajstić information content (AvgIpc) is 3.28. The summed E-state index contributed by atoms with van der Waals surface area (Å²) in [6.45, 7) is 9.40. The normalized spacial score (nSPS) is 52.6. The van der Waals surface area contributed by atoms with E-state index in [1.165, 1.54) is 32.1 Å². The average molecular weight is 539 g/mol. The fraction of sp³-hybridized carbons (Fsp3) is 1.00. The largest absolute Gasteiger partial charge is 0.378 e. The lowest BCUT2D eigenvalue weighted by molar-refractivity contribution is -0.0501. The molecule has 7 aliphatic rings. The molecule has 4 saturated heterocycles. The van der Waals surface area contributed by atoms with Crippen molar-refractivity contribution in [1.82, 2.24) is 20.3 Å². The highest BCUT2D eigenvalue weighted by atomic mass is 32.2. The molecule has 8 nitrogen and oxygen atoms in total. The predicted octanol–water partition coefficient (Wildman–Crippen LogP) is 3.85. The van der Waals surface area contributed by atoms with E-state index in [0.29, 0.717) is 42.3 Å². The van der Waals surface area contributed by atoms with E-state index in [4.69, 9.17) is 8.92 Å². The van der Waals surface area contributed by atoms with E-state index in [-0.39, 0.29) is 24.2 Å². The number of hydrogen-bond acceptors (Lipinski definition) is 7. The van der Waals surface area contributed by atoms with E-state index in [1.807, 2.05) is 0 Å². The number of ether oxygens (including phenoxy) is 1. The molecule has 12 unspecified atom stereocenters. The fourth-order valence-corrected chi connectivity index (χ4v) is 10.6. The van der Waals surface area contributed by atoms with E-state index in [0.717, 1.165) is 57.6 Å². The Hall–Kier alpha value is -0.290. The van der Waals surface area contributed by atoms with Crippen molar-refractivity contribution >= 4 is 10.3 Å². The van der Waals surface area contributed by atoms with Crippen LogP contribution in [0.15, 0.2) is 0 Å². The molecule has 212 valence electrons. The summed E-state index contributed by atoms with van der Waals surface area (Å²) < 4.78 is 40.6. The first-order valence-corrected chi connectivity index (χ1v) is 16.8. The lowest BCUT2D eigenvalue weighted by Crippen LogP contribution is -2.56. The molecular formula is C28H50N4O4S. The third kappa shape index (κ3) is 5.40. The first-order chi connectivity index (χ1) is 17.8. The summed E-state index contributed by atoms with van der Waals surface area (Å²) in [5, 5.41) is 2.47. The van der Waals surface area contributed by atoms with Crippen molar-refractivity contribution in [2.45, 2.75) is 122 Å². The van der Waals surface area contributed by atoms with Crippen LogP contribution in [0.1, 0.15) is 91.4 Å². The molecule has 0 spiro atoms. The Kier molecular flexibility index (Phi) is 7.96. The molecule has 4 aliphatic heterocycles. The zero-order chi connectivity index (χ0) is 25.7. The third-order valence-corrected chi connectivity index (χ3v) is 12.9. The molecule has 37 heavy (non-hydrogen) atoms. The first-order valence-electron chi connectivity index (χ1n) is 15.4. The monoisotopic (exact) mass is 538 g/mol. The van der Waals surface area contributed by atoms with Crippen molar-refractivity contribution in [3.63, 3.8) is 0 Å². The maximum atomic E-state index is 13.3. The van der Waals surface area contributed by atoms with Crippen molar-refractivity contribution < 1.29 is 17.3 Å². The molecule has 0 aromatic heterocycles. The number of hydrogen-bond donors (Lipinski definition) is 2. The number of rotatable bonds is 0. The van der Waals surface area contributed by atoms with Gasteiger partial charge in [0, 0.05) is 43.7 Å². The van der Waals surface area contributed by atoms with Crippen LogP contribution in [-0.4, -0.2) is 67.8 Å².